The molecule has 0 aromatic carbocycles. The normalized spacial score (nSPS) is 9.90. The second kappa shape index (κ2) is 2.92. The summed E-state index contributed by atoms with van der Waals surface area (Å²) in [5, 5.41) is 0.234. The Morgan fingerprint density at radius 2 is 2.40 bits per heavy atom. The third-order valence-electron chi connectivity index (χ3n) is 1.10. The van der Waals surface area contributed by atoms with Crippen molar-refractivity contribution in [2.75, 3.05) is 0 Å². The number of hydrogen-bond donors (Lipinski definition) is 0. The van der Waals surface area contributed by atoms with Gasteiger partial charge in [-0.2, -0.15) is 4.39 Å². The van der Waals surface area contributed by atoms with Crippen molar-refractivity contribution in [3.8, 4) is 0 Å². The highest BCUT2D eigenvalue weighted by molar-refractivity contribution is 6.29. The summed E-state index contributed by atoms with van der Waals surface area (Å²) in [6.45, 7) is 1.80. The highest BCUT2D eigenvalue weighted by Gasteiger charge is 2.01. The summed E-state index contributed by atoms with van der Waals surface area (Å²) in [6, 6.07) is 0. The van der Waals surface area contributed by atoms with Crippen molar-refractivity contribution in [1.29, 1.82) is 0 Å². The van der Waals surface area contributed by atoms with E-state index in [-0.39, 0.29) is 5.15 Å². The Balaban J connectivity index is 3.09. The Hall–Kier alpha value is -0.700. The van der Waals surface area contributed by atoms with E-state index >= 15 is 0 Å². The molecule has 0 saturated carbocycles. The Morgan fingerprint density at radius 1 is 1.70 bits per heavy atom. The average Bonchev–Trinajstić information content (AvgIpc) is 1.94. The molecule has 0 unspecified atom stereocenters. The third kappa shape index (κ3) is 1.42. The van der Waals surface area contributed by atoms with Crippen molar-refractivity contribution in [2.24, 2.45) is 0 Å². The fraction of sp³-hybridized carbons (Fsp3) is 0.333. The van der Waals surface area contributed by atoms with Crippen LogP contribution >= 0.6 is 11.6 Å². The first kappa shape index (κ1) is 7.41. The van der Waals surface area contributed by atoms with Crippen LogP contribution < -0.4 is 0 Å². The maximum Gasteiger partial charge on any atom is 0.234 e. The molecule has 4 heteroatoms. The van der Waals surface area contributed by atoms with Crippen LogP contribution in [0, 0.1) is 5.95 Å². The van der Waals surface area contributed by atoms with Gasteiger partial charge in [-0.25, -0.2) is 9.97 Å². The number of halogens is 2. The summed E-state index contributed by atoms with van der Waals surface area (Å²) >= 11 is 5.46. The monoisotopic (exact) mass is 160 g/mol. The van der Waals surface area contributed by atoms with Gasteiger partial charge >= 0.3 is 0 Å². The van der Waals surface area contributed by atoms with Crippen molar-refractivity contribution < 1.29 is 4.39 Å². The van der Waals surface area contributed by atoms with E-state index in [1.807, 2.05) is 0 Å². The summed E-state index contributed by atoms with van der Waals surface area (Å²) in [4.78, 5) is 7.11. The Morgan fingerprint density at radius 3 is 2.90 bits per heavy atom. The van der Waals surface area contributed by atoms with Crippen molar-refractivity contribution in [1.82, 2.24) is 9.97 Å². The summed E-state index contributed by atoms with van der Waals surface area (Å²) in [7, 11) is 0. The van der Waals surface area contributed by atoms with Gasteiger partial charge in [0.15, 0.2) is 0 Å². The third-order valence-corrected chi connectivity index (χ3v) is 1.28. The molecule has 1 rings (SSSR count). The van der Waals surface area contributed by atoms with Crippen LogP contribution in [0.2, 0.25) is 5.15 Å². The molecule has 0 aliphatic carbocycles. The quantitative estimate of drug-likeness (QED) is 0.627. The van der Waals surface area contributed by atoms with E-state index in [4.69, 9.17) is 11.6 Å². The fourth-order valence-electron chi connectivity index (χ4n) is 0.613. The highest BCUT2D eigenvalue weighted by atomic mass is 35.5. The zero-order valence-corrected chi connectivity index (χ0v) is 6.19. The molecule has 0 N–H and O–H groups in total. The predicted octanol–water partition coefficient (Wildman–Crippen LogP) is 1.83. The molecule has 0 bridgehead atoms. The molecule has 0 atom stereocenters. The molecule has 10 heavy (non-hydrogen) atoms. The van der Waals surface area contributed by atoms with E-state index in [0.717, 1.165) is 0 Å². The van der Waals surface area contributed by atoms with Gasteiger partial charge in [-0.3, -0.25) is 0 Å². The molecule has 1 aromatic rings. The van der Waals surface area contributed by atoms with Crippen molar-refractivity contribution in [2.45, 2.75) is 13.3 Å². The number of nitrogens with zero attached hydrogens (tertiary/aromatic N) is 2. The van der Waals surface area contributed by atoms with Crippen LogP contribution in [-0.2, 0) is 6.42 Å². The molecule has 0 fully saturated rings. The molecular formula is C6H6ClFN2. The maximum atomic E-state index is 12.5. The summed E-state index contributed by atoms with van der Waals surface area (Å²) in [5.41, 5.74) is 0.313. The van der Waals surface area contributed by atoms with Crippen LogP contribution in [-0.4, -0.2) is 9.97 Å². The SMILES string of the molecule is CCc1nc(Cl)cnc1F. The standard InChI is InChI=1S/C6H6ClFN2/c1-2-4-6(8)9-3-5(7)10-4/h3H,2H2,1H3. The minimum atomic E-state index is -0.535. The molecule has 54 valence electrons. The Labute approximate surface area is 63.1 Å². The van der Waals surface area contributed by atoms with Gasteiger partial charge in [-0.1, -0.05) is 18.5 Å². The van der Waals surface area contributed by atoms with Gasteiger partial charge in [0.1, 0.15) is 5.15 Å². The lowest BCUT2D eigenvalue weighted by atomic mass is 10.3. The summed E-state index contributed by atoms with van der Waals surface area (Å²) < 4.78 is 12.5. The molecule has 0 saturated heterocycles. The molecule has 0 aliphatic heterocycles. The fourth-order valence-corrected chi connectivity index (χ4v) is 0.764. The van der Waals surface area contributed by atoms with Gasteiger partial charge in [-0.15, -0.1) is 0 Å². The van der Waals surface area contributed by atoms with E-state index in [1.54, 1.807) is 6.92 Å². The van der Waals surface area contributed by atoms with E-state index in [2.05, 4.69) is 9.97 Å². The Bertz CT molecular complexity index is 239. The van der Waals surface area contributed by atoms with Crippen LogP contribution in [0.15, 0.2) is 6.20 Å². The first-order chi connectivity index (χ1) is 4.74. The van der Waals surface area contributed by atoms with E-state index in [1.165, 1.54) is 6.20 Å². The maximum absolute atomic E-state index is 12.5. The highest BCUT2D eigenvalue weighted by Crippen LogP contribution is 2.06. The molecule has 0 amide bonds. The number of aromatic nitrogens is 2. The Kier molecular flexibility index (Phi) is 2.17. The molecule has 1 aromatic heterocycles. The second-order valence-electron chi connectivity index (χ2n) is 1.78. The van der Waals surface area contributed by atoms with Gasteiger partial charge in [0, 0.05) is 0 Å². The van der Waals surface area contributed by atoms with Gasteiger partial charge in [0.05, 0.1) is 11.9 Å². The largest absolute Gasteiger partial charge is 0.235 e. The van der Waals surface area contributed by atoms with Gasteiger partial charge in [0.25, 0.3) is 0 Å². The van der Waals surface area contributed by atoms with Crippen molar-refractivity contribution in [3.05, 3.63) is 23.0 Å². The zero-order chi connectivity index (χ0) is 7.56. The summed E-state index contributed by atoms with van der Waals surface area (Å²) in [5.74, 6) is -0.535. The lowest BCUT2D eigenvalue weighted by Crippen LogP contribution is -1.95. The first-order valence-corrected chi connectivity index (χ1v) is 3.28. The summed E-state index contributed by atoms with van der Waals surface area (Å²) in [6.07, 6.45) is 1.70. The number of aryl methyl sites for hydroxylation is 1. The van der Waals surface area contributed by atoms with E-state index in [9.17, 15) is 4.39 Å². The van der Waals surface area contributed by atoms with Gasteiger partial charge in [-0.05, 0) is 6.42 Å². The lowest BCUT2D eigenvalue weighted by molar-refractivity contribution is 0.558. The topological polar surface area (TPSA) is 25.8 Å². The van der Waals surface area contributed by atoms with Gasteiger partial charge < -0.3 is 0 Å². The minimum Gasteiger partial charge on any atom is -0.235 e. The van der Waals surface area contributed by atoms with Crippen LogP contribution in [0.4, 0.5) is 4.39 Å². The first-order valence-electron chi connectivity index (χ1n) is 2.91. The number of hydrogen-bond acceptors (Lipinski definition) is 2. The lowest BCUT2D eigenvalue weighted by Gasteiger charge is -1.95. The molecule has 2 nitrogen and oxygen atoms in total. The molecular weight excluding hydrogens is 155 g/mol. The van der Waals surface area contributed by atoms with E-state index in [0.29, 0.717) is 12.1 Å². The van der Waals surface area contributed by atoms with Gasteiger partial charge in [0.2, 0.25) is 5.95 Å². The number of rotatable bonds is 1. The molecule has 0 spiro atoms. The van der Waals surface area contributed by atoms with Crippen LogP contribution in [0.5, 0.6) is 0 Å². The molecule has 0 radical (unpaired) electrons. The predicted molar refractivity (Wildman–Crippen MR) is 36.4 cm³/mol. The van der Waals surface area contributed by atoms with Crippen molar-refractivity contribution in [3.63, 3.8) is 0 Å². The smallest absolute Gasteiger partial charge is 0.234 e. The second-order valence-corrected chi connectivity index (χ2v) is 2.17. The van der Waals surface area contributed by atoms with Crippen LogP contribution in [0.3, 0.4) is 0 Å². The van der Waals surface area contributed by atoms with Crippen LogP contribution in [0.25, 0.3) is 0 Å². The van der Waals surface area contributed by atoms with Crippen LogP contribution in [0.1, 0.15) is 12.6 Å². The van der Waals surface area contributed by atoms with Crippen molar-refractivity contribution >= 4 is 11.6 Å². The zero-order valence-electron chi connectivity index (χ0n) is 5.43. The van der Waals surface area contributed by atoms with E-state index < -0.39 is 5.95 Å². The molecule has 1 heterocycles. The molecule has 0 aliphatic rings. The minimum absolute atomic E-state index is 0.234. The average molecular weight is 161 g/mol.